The van der Waals surface area contributed by atoms with Gasteiger partial charge >= 0.3 is 0 Å². The van der Waals surface area contributed by atoms with Crippen molar-refractivity contribution in [1.82, 2.24) is 14.8 Å². The Balaban J connectivity index is 1.89. The number of H-pyrrole nitrogens is 2. The van der Waals surface area contributed by atoms with Crippen molar-refractivity contribution in [2.24, 2.45) is 5.73 Å². The van der Waals surface area contributed by atoms with Crippen LogP contribution in [-0.4, -0.2) is 20.7 Å². The maximum atomic E-state index is 13.0. The maximum absolute atomic E-state index is 13.0. The van der Waals surface area contributed by atoms with Crippen molar-refractivity contribution in [3.8, 4) is 0 Å². The molecule has 8 nitrogen and oxygen atoms in total. The SMILES string of the molecule is NC(=O)Cc1cccc(Cn2[nH]c(=O)c3[nH]c4cc(Cl)ccc4c(=O)c3c2=O)c1. The predicted molar refractivity (Wildman–Crippen MR) is 110 cm³/mol. The lowest BCUT2D eigenvalue weighted by atomic mass is 10.1. The van der Waals surface area contributed by atoms with Gasteiger partial charge in [-0.15, -0.1) is 0 Å². The molecule has 29 heavy (non-hydrogen) atoms. The van der Waals surface area contributed by atoms with E-state index in [1.165, 1.54) is 12.1 Å². The van der Waals surface area contributed by atoms with Crippen LogP contribution in [0.3, 0.4) is 0 Å². The number of hydrogen-bond donors (Lipinski definition) is 3. The van der Waals surface area contributed by atoms with Crippen molar-refractivity contribution >= 4 is 39.3 Å². The third-order valence-corrected chi connectivity index (χ3v) is 4.83. The molecule has 9 heteroatoms. The molecule has 4 N–H and O–H groups in total. The summed E-state index contributed by atoms with van der Waals surface area (Å²) < 4.78 is 1.07. The third-order valence-electron chi connectivity index (χ3n) is 4.60. The van der Waals surface area contributed by atoms with Crippen LogP contribution in [0.25, 0.3) is 21.8 Å². The molecule has 2 aromatic heterocycles. The fraction of sp³-hybridized carbons (Fsp3) is 0.100. The molecule has 0 radical (unpaired) electrons. The molecule has 4 aromatic rings. The molecule has 1 amide bonds. The molecule has 146 valence electrons. The van der Waals surface area contributed by atoms with Gasteiger partial charge in [-0.25, -0.2) is 4.68 Å². The number of rotatable bonds is 4. The quantitative estimate of drug-likeness (QED) is 0.437. The molecule has 0 aliphatic heterocycles. The third kappa shape index (κ3) is 3.45. The van der Waals surface area contributed by atoms with Crippen LogP contribution in [-0.2, 0) is 17.8 Å². The zero-order valence-electron chi connectivity index (χ0n) is 15.0. The number of aromatic nitrogens is 3. The lowest BCUT2D eigenvalue weighted by Gasteiger charge is -2.09. The average molecular weight is 411 g/mol. The first-order chi connectivity index (χ1) is 13.8. The Kier molecular flexibility index (Phi) is 4.56. The highest BCUT2D eigenvalue weighted by atomic mass is 35.5. The minimum atomic E-state index is -0.627. The Bertz CT molecular complexity index is 1470. The van der Waals surface area contributed by atoms with Gasteiger partial charge in [0.1, 0.15) is 10.9 Å². The van der Waals surface area contributed by atoms with Gasteiger partial charge in [-0.2, -0.15) is 0 Å². The molecular formula is C20H15ClN4O4. The van der Waals surface area contributed by atoms with E-state index in [2.05, 4.69) is 10.1 Å². The topological polar surface area (TPSA) is 131 Å². The second-order valence-corrected chi connectivity index (χ2v) is 7.13. The summed E-state index contributed by atoms with van der Waals surface area (Å²) in [6.45, 7) is 0.0225. The van der Waals surface area contributed by atoms with Crippen molar-refractivity contribution in [2.45, 2.75) is 13.0 Å². The van der Waals surface area contributed by atoms with Crippen LogP contribution in [0.2, 0.25) is 5.02 Å². The molecule has 0 spiro atoms. The van der Waals surface area contributed by atoms with Gasteiger partial charge in [0.05, 0.1) is 18.5 Å². The summed E-state index contributed by atoms with van der Waals surface area (Å²) in [6, 6.07) is 11.5. The molecule has 0 fully saturated rings. The molecule has 0 aliphatic rings. The van der Waals surface area contributed by atoms with Gasteiger partial charge in [-0.05, 0) is 29.3 Å². The van der Waals surface area contributed by atoms with Crippen molar-refractivity contribution in [2.75, 3.05) is 0 Å². The van der Waals surface area contributed by atoms with Crippen LogP contribution in [0.1, 0.15) is 11.1 Å². The minimum absolute atomic E-state index is 0.0225. The van der Waals surface area contributed by atoms with Gasteiger partial charge in [0.2, 0.25) is 11.3 Å². The highest BCUT2D eigenvalue weighted by molar-refractivity contribution is 6.31. The van der Waals surface area contributed by atoms with E-state index in [-0.39, 0.29) is 29.3 Å². The number of nitrogens with two attached hydrogens (primary N) is 1. The number of carbonyl (C=O) groups is 1. The van der Waals surface area contributed by atoms with Crippen LogP contribution >= 0.6 is 11.6 Å². The van der Waals surface area contributed by atoms with E-state index in [1.807, 2.05) is 0 Å². The maximum Gasteiger partial charge on any atom is 0.287 e. The molecule has 0 unspecified atom stereocenters. The van der Waals surface area contributed by atoms with E-state index in [9.17, 15) is 19.2 Å². The summed E-state index contributed by atoms with van der Waals surface area (Å²) in [5, 5.41) is 2.92. The summed E-state index contributed by atoms with van der Waals surface area (Å²) in [7, 11) is 0. The minimum Gasteiger partial charge on any atom is -0.369 e. The van der Waals surface area contributed by atoms with Crippen LogP contribution in [0.5, 0.6) is 0 Å². The molecule has 2 heterocycles. The first kappa shape index (κ1) is 18.7. The monoisotopic (exact) mass is 410 g/mol. The summed E-state index contributed by atoms with van der Waals surface area (Å²) >= 11 is 5.95. The van der Waals surface area contributed by atoms with E-state index in [4.69, 9.17) is 17.3 Å². The van der Waals surface area contributed by atoms with E-state index in [1.54, 1.807) is 30.3 Å². The Morgan fingerprint density at radius 2 is 1.83 bits per heavy atom. The fourth-order valence-corrected chi connectivity index (χ4v) is 3.51. The molecule has 0 aliphatic carbocycles. The fourth-order valence-electron chi connectivity index (χ4n) is 3.33. The van der Waals surface area contributed by atoms with Crippen molar-refractivity contribution in [3.63, 3.8) is 0 Å². The van der Waals surface area contributed by atoms with E-state index < -0.39 is 22.5 Å². The number of primary amides is 1. The Morgan fingerprint density at radius 3 is 2.59 bits per heavy atom. The zero-order valence-corrected chi connectivity index (χ0v) is 15.7. The van der Waals surface area contributed by atoms with Crippen molar-refractivity contribution in [1.29, 1.82) is 0 Å². The Morgan fingerprint density at radius 1 is 1.07 bits per heavy atom. The molecular weight excluding hydrogens is 396 g/mol. The second kappa shape index (κ2) is 7.06. The number of amides is 1. The van der Waals surface area contributed by atoms with Crippen LogP contribution in [0.15, 0.2) is 56.8 Å². The van der Waals surface area contributed by atoms with Gasteiger partial charge in [-0.3, -0.25) is 24.3 Å². The number of halogens is 1. The number of fused-ring (bicyclic) bond motifs is 2. The van der Waals surface area contributed by atoms with E-state index >= 15 is 0 Å². The van der Waals surface area contributed by atoms with E-state index in [0.717, 1.165) is 4.68 Å². The average Bonchev–Trinajstić information content (AvgIpc) is 2.65. The first-order valence-electron chi connectivity index (χ1n) is 8.68. The number of aromatic amines is 2. The van der Waals surface area contributed by atoms with Gasteiger partial charge in [0.25, 0.3) is 11.1 Å². The van der Waals surface area contributed by atoms with Crippen LogP contribution in [0, 0.1) is 0 Å². The lowest BCUT2D eigenvalue weighted by molar-refractivity contribution is -0.117. The Labute approximate surface area is 167 Å². The van der Waals surface area contributed by atoms with Crippen LogP contribution in [0.4, 0.5) is 0 Å². The van der Waals surface area contributed by atoms with Gasteiger partial charge in [-0.1, -0.05) is 35.9 Å². The zero-order chi connectivity index (χ0) is 20.7. The number of nitrogens with zero attached hydrogens (tertiary/aromatic N) is 1. The predicted octanol–water partition coefficient (Wildman–Crippen LogP) is 1.26. The van der Waals surface area contributed by atoms with Gasteiger partial charge < -0.3 is 10.7 Å². The smallest absolute Gasteiger partial charge is 0.287 e. The highest BCUT2D eigenvalue weighted by Gasteiger charge is 2.15. The molecule has 0 saturated heterocycles. The second-order valence-electron chi connectivity index (χ2n) is 6.69. The number of benzene rings is 2. The van der Waals surface area contributed by atoms with Crippen molar-refractivity contribution in [3.05, 3.63) is 89.5 Å². The molecule has 4 rings (SSSR count). The summed E-state index contributed by atoms with van der Waals surface area (Å²) in [6.07, 6.45) is 0.0607. The highest BCUT2D eigenvalue weighted by Crippen LogP contribution is 2.16. The van der Waals surface area contributed by atoms with Gasteiger partial charge in [0, 0.05) is 10.4 Å². The van der Waals surface area contributed by atoms with Crippen LogP contribution < -0.4 is 22.3 Å². The number of hydrogen-bond acceptors (Lipinski definition) is 4. The molecule has 0 bridgehead atoms. The first-order valence-corrected chi connectivity index (χ1v) is 9.06. The summed E-state index contributed by atoms with van der Waals surface area (Å²) in [5.74, 6) is -0.475. The Hall–Kier alpha value is -3.65. The number of carbonyl (C=O) groups excluding carboxylic acids is 1. The standard InChI is InChI=1S/C20H15ClN4O4/c21-12-4-5-13-14(8-12)23-17-16(18(13)27)20(29)25(24-19(17)28)9-11-3-1-2-10(6-11)7-15(22)26/h1-6,8H,7,9H2,(H2,22,26)(H,23,27)(H,24,28). The lowest BCUT2D eigenvalue weighted by Crippen LogP contribution is -2.34. The summed E-state index contributed by atoms with van der Waals surface area (Å²) in [5.41, 5.74) is 5.07. The number of nitrogens with one attached hydrogen (secondary N) is 2. The molecule has 0 saturated carbocycles. The van der Waals surface area contributed by atoms with Crippen molar-refractivity contribution < 1.29 is 4.79 Å². The largest absolute Gasteiger partial charge is 0.369 e. The summed E-state index contributed by atoms with van der Waals surface area (Å²) in [4.78, 5) is 52.3. The number of pyridine rings is 1. The van der Waals surface area contributed by atoms with Gasteiger partial charge in [0.15, 0.2) is 0 Å². The molecule has 2 aromatic carbocycles. The van der Waals surface area contributed by atoms with E-state index in [0.29, 0.717) is 21.7 Å². The normalized spacial score (nSPS) is 11.2. The molecule has 0 atom stereocenters.